The second-order valence-electron chi connectivity index (χ2n) is 4.79. The lowest BCUT2D eigenvalue weighted by molar-refractivity contribution is 0.882. The summed E-state index contributed by atoms with van der Waals surface area (Å²) in [4.78, 5) is 4.58. The van der Waals surface area contributed by atoms with Gasteiger partial charge in [0.05, 0.1) is 16.4 Å². The molecule has 0 amide bonds. The average molecular weight is 351 g/mol. The third-order valence-corrected chi connectivity index (χ3v) is 5.63. The monoisotopic (exact) mass is 350 g/mol. The highest BCUT2D eigenvalue weighted by Crippen LogP contribution is 2.26. The number of halogens is 1. The van der Waals surface area contributed by atoms with E-state index in [1.165, 1.54) is 5.01 Å². The largest absolute Gasteiger partial charge is 0.277 e. The van der Waals surface area contributed by atoms with E-state index in [4.69, 9.17) is 11.6 Å². The van der Waals surface area contributed by atoms with Gasteiger partial charge in [0.15, 0.2) is 5.16 Å². The van der Waals surface area contributed by atoms with Crippen LogP contribution in [0.15, 0.2) is 35.1 Å². The summed E-state index contributed by atoms with van der Waals surface area (Å²) < 4.78 is 1.95. The van der Waals surface area contributed by atoms with Crippen LogP contribution in [0.3, 0.4) is 0 Å². The number of rotatable bonds is 5. The van der Waals surface area contributed by atoms with Gasteiger partial charge < -0.3 is 0 Å². The molecule has 0 aliphatic carbocycles. The molecule has 2 aromatic heterocycles. The predicted molar refractivity (Wildman–Crippen MR) is 92.2 cm³/mol. The molecular weight excluding hydrogens is 336 g/mol. The number of nitrogens with zero attached hydrogens (tertiary/aromatic N) is 4. The molecule has 0 saturated heterocycles. The molecule has 0 N–H and O–H groups in total. The second-order valence-corrected chi connectivity index (χ2v) is 7.08. The van der Waals surface area contributed by atoms with E-state index >= 15 is 0 Å². The van der Waals surface area contributed by atoms with Crippen molar-refractivity contribution in [1.82, 2.24) is 19.7 Å². The van der Waals surface area contributed by atoms with Gasteiger partial charge in [0.1, 0.15) is 6.33 Å². The van der Waals surface area contributed by atoms with Gasteiger partial charge in [-0.15, -0.1) is 21.5 Å². The molecule has 7 heteroatoms. The normalized spacial score (nSPS) is 11.0. The van der Waals surface area contributed by atoms with Crippen LogP contribution in [-0.4, -0.2) is 19.7 Å². The first-order valence-electron chi connectivity index (χ1n) is 6.90. The molecule has 3 aromatic rings. The number of thioether (sulfide) groups is 1. The van der Waals surface area contributed by atoms with Crippen molar-refractivity contribution < 1.29 is 0 Å². The van der Waals surface area contributed by atoms with Crippen LogP contribution in [0.2, 0.25) is 5.02 Å². The predicted octanol–water partition coefficient (Wildman–Crippen LogP) is 4.54. The van der Waals surface area contributed by atoms with E-state index in [2.05, 4.69) is 27.5 Å². The molecule has 0 spiro atoms. The molecule has 0 radical (unpaired) electrons. The fourth-order valence-electron chi connectivity index (χ4n) is 1.95. The van der Waals surface area contributed by atoms with Crippen LogP contribution in [0.1, 0.15) is 23.2 Å². The van der Waals surface area contributed by atoms with Gasteiger partial charge in [0.2, 0.25) is 0 Å². The lowest BCUT2D eigenvalue weighted by atomic mass is 10.2. The fourth-order valence-corrected chi connectivity index (χ4v) is 3.79. The van der Waals surface area contributed by atoms with E-state index in [9.17, 15) is 0 Å². The van der Waals surface area contributed by atoms with Crippen LogP contribution < -0.4 is 0 Å². The Morgan fingerprint density at radius 2 is 2.23 bits per heavy atom. The Morgan fingerprint density at radius 1 is 1.36 bits per heavy atom. The zero-order valence-electron chi connectivity index (χ0n) is 12.3. The highest BCUT2D eigenvalue weighted by Gasteiger charge is 2.10. The van der Waals surface area contributed by atoms with Gasteiger partial charge in [-0.2, -0.15) is 0 Å². The summed E-state index contributed by atoms with van der Waals surface area (Å²) in [5.74, 6) is 0.786. The number of hydrogen-bond acceptors (Lipinski definition) is 5. The number of aromatic nitrogens is 4. The molecule has 3 rings (SSSR count). The number of benzene rings is 1. The summed E-state index contributed by atoms with van der Waals surface area (Å²) in [7, 11) is 0. The van der Waals surface area contributed by atoms with E-state index in [0.29, 0.717) is 0 Å². The molecule has 0 saturated carbocycles. The van der Waals surface area contributed by atoms with Gasteiger partial charge in [0, 0.05) is 16.2 Å². The molecule has 0 fully saturated rings. The van der Waals surface area contributed by atoms with Crippen molar-refractivity contribution in [2.45, 2.75) is 31.2 Å². The van der Waals surface area contributed by atoms with Gasteiger partial charge in [-0.3, -0.25) is 4.57 Å². The Hall–Kier alpha value is -1.37. The van der Waals surface area contributed by atoms with E-state index < -0.39 is 0 Å². The Bertz CT molecular complexity index is 781. The summed E-state index contributed by atoms with van der Waals surface area (Å²) in [5.41, 5.74) is 3.11. The molecule has 114 valence electrons. The highest BCUT2D eigenvalue weighted by atomic mass is 35.5. The van der Waals surface area contributed by atoms with Crippen molar-refractivity contribution in [1.29, 1.82) is 0 Å². The molecule has 0 unspecified atom stereocenters. The van der Waals surface area contributed by atoms with Crippen LogP contribution in [-0.2, 0) is 12.2 Å². The summed E-state index contributed by atoms with van der Waals surface area (Å²) in [5, 5.41) is 13.1. The molecule has 1 aromatic carbocycles. The lowest BCUT2D eigenvalue weighted by Crippen LogP contribution is -1.96. The summed E-state index contributed by atoms with van der Waals surface area (Å²) in [6.07, 6.45) is 2.69. The topological polar surface area (TPSA) is 43.6 Å². The van der Waals surface area contributed by atoms with E-state index in [1.807, 2.05) is 29.7 Å². The van der Waals surface area contributed by atoms with Gasteiger partial charge >= 0.3 is 0 Å². The van der Waals surface area contributed by atoms with Crippen LogP contribution >= 0.6 is 34.7 Å². The first-order chi connectivity index (χ1) is 10.7. The Balaban J connectivity index is 1.78. The molecule has 0 atom stereocenters. The van der Waals surface area contributed by atoms with Crippen molar-refractivity contribution in [3.8, 4) is 5.69 Å². The molecule has 0 bridgehead atoms. The Kier molecular flexibility index (Phi) is 4.81. The summed E-state index contributed by atoms with van der Waals surface area (Å²) >= 11 is 9.54. The Morgan fingerprint density at radius 3 is 2.95 bits per heavy atom. The zero-order valence-corrected chi connectivity index (χ0v) is 14.7. The minimum absolute atomic E-state index is 0.745. The lowest BCUT2D eigenvalue weighted by Gasteiger charge is -2.07. The second kappa shape index (κ2) is 6.81. The maximum Gasteiger partial charge on any atom is 0.195 e. The highest BCUT2D eigenvalue weighted by molar-refractivity contribution is 7.98. The van der Waals surface area contributed by atoms with E-state index in [0.717, 1.165) is 39.3 Å². The number of thiazole rings is 1. The molecule has 22 heavy (non-hydrogen) atoms. The number of hydrogen-bond donors (Lipinski definition) is 0. The van der Waals surface area contributed by atoms with Crippen molar-refractivity contribution >= 4 is 34.7 Å². The first-order valence-corrected chi connectivity index (χ1v) is 9.14. The minimum Gasteiger partial charge on any atom is -0.277 e. The van der Waals surface area contributed by atoms with Crippen molar-refractivity contribution in [2.75, 3.05) is 0 Å². The summed E-state index contributed by atoms with van der Waals surface area (Å²) in [6.45, 7) is 4.11. The third kappa shape index (κ3) is 3.34. The maximum atomic E-state index is 6.21. The first kappa shape index (κ1) is 15.5. The van der Waals surface area contributed by atoms with Gasteiger partial charge in [-0.1, -0.05) is 36.4 Å². The molecule has 0 aliphatic heterocycles. The zero-order chi connectivity index (χ0) is 15.5. The van der Waals surface area contributed by atoms with Gasteiger partial charge in [-0.25, -0.2) is 4.98 Å². The minimum atomic E-state index is 0.745. The van der Waals surface area contributed by atoms with Crippen molar-refractivity contribution in [3.05, 3.63) is 51.2 Å². The standard InChI is InChI=1S/C15H15ClN4S2/c1-3-14-18-11(7-21-14)8-22-15-19-17-9-20(15)12-5-4-10(2)13(16)6-12/h4-7,9H,3,8H2,1-2H3. The van der Waals surface area contributed by atoms with Gasteiger partial charge in [-0.05, 0) is 31.0 Å². The SMILES string of the molecule is CCc1nc(CSc2nncn2-c2ccc(C)c(Cl)c2)cs1. The Labute approximate surface area is 142 Å². The van der Waals surface area contributed by atoms with Crippen molar-refractivity contribution in [2.24, 2.45) is 0 Å². The van der Waals surface area contributed by atoms with E-state index in [-0.39, 0.29) is 0 Å². The molecular formula is C15H15ClN4S2. The van der Waals surface area contributed by atoms with Crippen LogP contribution in [0.5, 0.6) is 0 Å². The number of aryl methyl sites for hydroxylation is 2. The smallest absolute Gasteiger partial charge is 0.195 e. The van der Waals surface area contributed by atoms with Crippen molar-refractivity contribution in [3.63, 3.8) is 0 Å². The molecule has 2 heterocycles. The molecule has 4 nitrogen and oxygen atoms in total. The van der Waals surface area contributed by atoms with Crippen LogP contribution in [0.4, 0.5) is 0 Å². The maximum absolute atomic E-state index is 6.21. The summed E-state index contributed by atoms with van der Waals surface area (Å²) in [6, 6.07) is 5.95. The third-order valence-electron chi connectivity index (χ3n) is 3.20. The molecule has 0 aliphatic rings. The fraction of sp³-hybridized carbons (Fsp3) is 0.267. The van der Waals surface area contributed by atoms with Gasteiger partial charge in [0.25, 0.3) is 0 Å². The quantitative estimate of drug-likeness (QED) is 0.633. The average Bonchev–Trinajstić information content (AvgIpc) is 3.16. The van der Waals surface area contributed by atoms with E-state index in [1.54, 1.807) is 29.4 Å². The van der Waals surface area contributed by atoms with Crippen LogP contribution in [0.25, 0.3) is 5.69 Å². The van der Waals surface area contributed by atoms with Crippen LogP contribution in [0, 0.1) is 6.92 Å².